The number of carbonyl (C=O) groups is 1. The van der Waals surface area contributed by atoms with Gasteiger partial charge in [-0.05, 0) is 38.8 Å². The smallest absolute Gasteiger partial charge is 0.276 e. The van der Waals surface area contributed by atoms with Gasteiger partial charge in [0.2, 0.25) is 0 Å². The number of nitrogens with zero attached hydrogens (tertiary/aromatic N) is 2. The molecule has 5 nitrogen and oxygen atoms in total. The fraction of sp³-hybridized carbons (Fsp3) is 0.571. The zero-order valence-electron chi connectivity index (χ0n) is 11.5. The molecule has 0 saturated carbocycles. The minimum Gasteiger partial charge on any atom is -0.489 e. The van der Waals surface area contributed by atoms with Crippen molar-refractivity contribution in [2.75, 3.05) is 13.1 Å². The van der Waals surface area contributed by atoms with E-state index in [2.05, 4.69) is 4.98 Å². The van der Waals surface area contributed by atoms with Gasteiger partial charge in [0.15, 0.2) is 11.4 Å². The Morgan fingerprint density at radius 1 is 1.58 bits per heavy atom. The number of rotatable bonds is 3. The maximum atomic E-state index is 12.5. The van der Waals surface area contributed by atoms with Gasteiger partial charge in [-0.3, -0.25) is 4.79 Å². The van der Waals surface area contributed by atoms with E-state index in [1.54, 1.807) is 23.2 Å². The number of piperidine rings is 1. The molecule has 1 aliphatic rings. The quantitative estimate of drug-likeness (QED) is 0.895. The van der Waals surface area contributed by atoms with Crippen molar-refractivity contribution in [1.29, 1.82) is 0 Å². The predicted octanol–water partition coefficient (Wildman–Crippen LogP) is 1.43. The molecule has 1 saturated heterocycles. The van der Waals surface area contributed by atoms with E-state index >= 15 is 0 Å². The van der Waals surface area contributed by atoms with Gasteiger partial charge in [0.05, 0.1) is 6.10 Å². The van der Waals surface area contributed by atoms with Crippen molar-refractivity contribution in [2.24, 2.45) is 5.73 Å². The van der Waals surface area contributed by atoms with E-state index in [9.17, 15) is 4.79 Å². The fourth-order valence-electron chi connectivity index (χ4n) is 2.24. The molecule has 1 atom stereocenters. The number of hydrogen-bond acceptors (Lipinski definition) is 4. The number of amides is 1. The maximum absolute atomic E-state index is 12.5. The van der Waals surface area contributed by atoms with Crippen LogP contribution in [0.5, 0.6) is 5.75 Å². The second-order valence-electron chi connectivity index (χ2n) is 5.17. The van der Waals surface area contributed by atoms with E-state index in [1.807, 2.05) is 13.8 Å². The summed E-state index contributed by atoms with van der Waals surface area (Å²) in [5.41, 5.74) is 6.29. The summed E-state index contributed by atoms with van der Waals surface area (Å²) in [7, 11) is 0. The summed E-state index contributed by atoms with van der Waals surface area (Å²) >= 11 is 0. The molecular weight excluding hydrogens is 242 g/mol. The van der Waals surface area contributed by atoms with Crippen LogP contribution in [0.3, 0.4) is 0 Å². The average Bonchev–Trinajstić information content (AvgIpc) is 2.38. The molecule has 0 spiro atoms. The van der Waals surface area contributed by atoms with E-state index in [4.69, 9.17) is 10.5 Å². The third kappa shape index (κ3) is 3.44. The molecule has 1 unspecified atom stereocenters. The van der Waals surface area contributed by atoms with Crippen molar-refractivity contribution in [3.8, 4) is 5.75 Å². The van der Waals surface area contributed by atoms with Crippen molar-refractivity contribution >= 4 is 5.91 Å². The first kappa shape index (κ1) is 13.8. The van der Waals surface area contributed by atoms with E-state index in [0.717, 1.165) is 19.4 Å². The molecule has 19 heavy (non-hydrogen) atoms. The van der Waals surface area contributed by atoms with Gasteiger partial charge >= 0.3 is 0 Å². The Morgan fingerprint density at radius 3 is 3.05 bits per heavy atom. The van der Waals surface area contributed by atoms with Gasteiger partial charge in [-0.15, -0.1) is 0 Å². The summed E-state index contributed by atoms with van der Waals surface area (Å²) in [4.78, 5) is 18.4. The van der Waals surface area contributed by atoms with E-state index < -0.39 is 0 Å². The SMILES string of the molecule is CC(C)Oc1cccnc1C(=O)N1CCCC(N)C1. The minimum atomic E-state index is -0.0913. The van der Waals surface area contributed by atoms with Gasteiger partial charge in [-0.2, -0.15) is 0 Å². The van der Waals surface area contributed by atoms with Crippen LogP contribution in [-0.2, 0) is 0 Å². The van der Waals surface area contributed by atoms with Crippen molar-refractivity contribution in [3.05, 3.63) is 24.0 Å². The fourth-order valence-corrected chi connectivity index (χ4v) is 2.24. The third-order valence-electron chi connectivity index (χ3n) is 3.08. The molecule has 1 aliphatic heterocycles. The molecule has 1 fully saturated rings. The normalized spacial score (nSPS) is 19.6. The van der Waals surface area contributed by atoms with Gasteiger partial charge in [0, 0.05) is 25.3 Å². The van der Waals surface area contributed by atoms with Crippen molar-refractivity contribution in [3.63, 3.8) is 0 Å². The zero-order chi connectivity index (χ0) is 13.8. The molecule has 1 aromatic rings. The molecule has 0 aliphatic carbocycles. The first-order valence-corrected chi connectivity index (χ1v) is 6.74. The summed E-state index contributed by atoms with van der Waals surface area (Å²) in [6.45, 7) is 5.19. The summed E-state index contributed by atoms with van der Waals surface area (Å²) < 4.78 is 5.64. The topological polar surface area (TPSA) is 68.5 Å². The van der Waals surface area contributed by atoms with Crippen LogP contribution in [0.15, 0.2) is 18.3 Å². The van der Waals surface area contributed by atoms with Crippen LogP contribution in [0.2, 0.25) is 0 Å². The van der Waals surface area contributed by atoms with Crippen LogP contribution in [0.1, 0.15) is 37.2 Å². The third-order valence-corrected chi connectivity index (χ3v) is 3.08. The van der Waals surface area contributed by atoms with Gasteiger partial charge < -0.3 is 15.4 Å². The molecule has 2 heterocycles. The highest BCUT2D eigenvalue weighted by Crippen LogP contribution is 2.20. The number of ether oxygens (including phenoxy) is 1. The Labute approximate surface area is 113 Å². The molecule has 1 aromatic heterocycles. The Kier molecular flexibility index (Phi) is 4.37. The standard InChI is InChI=1S/C14H21N3O2/c1-10(2)19-12-6-3-7-16-13(12)14(18)17-8-4-5-11(15)9-17/h3,6-7,10-11H,4-5,8-9,15H2,1-2H3. The number of hydrogen-bond donors (Lipinski definition) is 1. The zero-order valence-corrected chi connectivity index (χ0v) is 11.5. The summed E-state index contributed by atoms with van der Waals surface area (Å²) in [6.07, 6.45) is 3.55. The maximum Gasteiger partial charge on any atom is 0.276 e. The van der Waals surface area contributed by atoms with Gasteiger partial charge in [0.1, 0.15) is 0 Å². The number of likely N-dealkylation sites (tertiary alicyclic amines) is 1. The number of pyridine rings is 1. The molecule has 2 rings (SSSR count). The van der Waals surface area contributed by atoms with E-state index in [0.29, 0.717) is 18.0 Å². The second kappa shape index (κ2) is 6.02. The van der Waals surface area contributed by atoms with Crippen molar-refractivity contribution in [2.45, 2.75) is 38.8 Å². The molecule has 1 amide bonds. The molecule has 0 radical (unpaired) electrons. The number of carbonyl (C=O) groups excluding carboxylic acids is 1. The first-order chi connectivity index (χ1) is 9.08. The highest BCUT2D eigenvalue weighted by Gasteiger charge is 2.25. The van der Waals surface area contributed by atoms with Gasteiger partial charge in [-0.25, -0.2) is 4.98 Å². The summed E-state index contributed by atoms with van der Waals surface area (Å²) in [6, 6.07) is 3.62. The lowest BCUT2D eigenvalue weighted by molar-refractivity contribution is 0.0696. The lowest BCUT2D eigenvalue weighted by atomic mass is 10.1. The lowest BCUT2D eigenvalue weighted by Crippen LogP contribution is -2.46. The molecule has 2 N–H and O–H groups in total. The molecule has 0 bridgehead atoms. The van der Waals surface area contributed by atoms with Gasteiger partial charge in [0.25, 0.3) is 5.91 Å². The molecule has 104 valence electrons. The predicted molar refractivity (Wildman–Crippen MR) is 73.1 cm³/mol. The Hall–Kier alpha value is -1.62. The van der Waals surface area contributed by atoms with Crippen LogP contribution in [0, 0.1) is 0 Å². The molecule has 0 aromatic carbocycles. The van der Waals surface area contributed by atoms with E-state index in [-0.39, 0.29) is 18.1 Å². The van der Waals surface area contributed by atoms with Crippen LogP contribution in [-0.4, -0.2) is 41.0 Å². The first-order valence-electron chi connectivity index (χ1n) is 6.74. The van der Waals surface area contributed by atoms with E-state index in [1.165, 1.54) is 0 Å². The number of aromatic nitrogens is 1. The summed E-state index contributed by atoms with van der Waals surface area (Å²) in [5.74, 6) is 0.452. The summed E-state index contributed by atoms with van der Waals surface area (Å²) in [5, 5.41) is 0. The van der Waals surface area contributed by atoms with Crippen molar-refractivity contribution < 1.29 is 9.53 Å². The Morgan fingerprint density at radius 2 is 2.37 bits per heavy atom. The largest absolute Gasteiger partial charge is 0.489 e. The molecular formula is C14H21N3O2. The van der Waals surface area contributed by atoms with Crippen LogP contribution < -0.4 is 10.5 Å². The van der Waals surface area contributed by atoms with Gasteiger partial charge in [-0.1, -0.05) is 0 Å². The van der Waals surface area contributed by atoms with Crippen LogP contribution in [0.4, 0.5) is 0 Å². The average molecular weight is 263 g/mol. The monoisotopic (exact) mass is 263 g/mol. The minimum absolute atomic E-state index is 0.0133. The van der Waals surface area contributed by atoms with Crippen LogP contribution >= 0.6 is 0 Å². The van der Waals surface area contributed by atoms with Crippen LogP contribution in [0.25, 0.3) is 0 Å². The highest BCUT2D eigenvalue weighted by atomic mass is 16.5. The van der Waals surface area contributed by atoms with Crippen molar-refractivity contribution in [1.82, 2.24) is 9.88 Å². The molecule has 5 heteroatoms. The number of nitrogens with two attached hydrogens (primary N) is 1. The lowest BCUT2D eigenvalue weighted by Gasteiger charge is -2.30. The highest BCUT2D eigenvalue weighted by molar-refractivity contribution is 5.95. The Balaban J connectivity index is 2.18. The second-order valence-corrected chi connectivity index (χ2v) is 5.17. The Bertz CT molecular complexity index is 448.